The Kier molecular flexibility index (Phi) is 7.13. The molecular weight excluding hydrogens is 360 g/mol. The standard InChI is InChI=1S/C18H21ClN2O3S/c1-13-7-8-15(12-17(13)19)20-18(22)14-5-4-6-16(11-14)25(23)21(2)9-10-24-3/h4-8,11-12H,9-10H2,1-3H3,(H,20,22). The van der Waals surface area contributed by atoms with Gasteiger partial charge in [-0.2, -0.15) is 0 Å². The van der Waals surface area contributed by atoms with Crippen LogP contribution in [0.4, 0.5) is 5.69 Å². The van der Waals surface area contributed by atoms with Crippen LogP contribution in [-0.4, -0.2) is 41.7 Å². The average molecular weight is 381 g/mol. The maximum absolute atomic E-state index is 12.5. The van der Waals surface area contributed by atoms with Gasteiger partial charge in [-0.15, -0.1) is 0 Å². The van der Waals surface area contributed by atoms with Gasteiger partial charge in [0.2, 0.25) is 0 Å². The number of methoxy groups -OCH3 is 1. The van der Waals surface area contributed by atoms with Crippen LogP contribution in [0.15, 0.2) is 47.4 Å². The van der Waals surface area contributed by atoms with E-state index >= 15 is 0 Å². The highest BCUT2D eigenvalue weighted by Gasteiger charge is 2.13. The summed E-state index contributed by atoms with van der Waals surface area (Å²) in [6.07, 6.45) is 0. The number of ether oxygens (including phenoxy) is 1. The minimum Gasteiger partial charge on any atom is -0.383 e. The zero-order valence-corrected chi connectivity index (χ0v) is 16.0. The van der Waals surface area contributed by atoms with Gasteiger partial charge in [0.05, 0.1) is 11.5 Å². The molecule has 0 heterocycles. The summed E-state index contributed by atoms with van der Waals surface area (Å²) in [5, 5.41) is 3.39. The van der Waals surface area contributed by atoms with Crippen molar-refractivity contribution in [1.82, 2.24) is 4.31 Å². The molecule has 0 saturated heterocycles. The molecule has 2 aromatic rings. The first kappa shape index (κ1) is 19.6. The molecule has 2 aromatic carbocycles. The molecule has 1 N–H and O–H groups in total. The zero-order chi connectivity index (χ0) is 18.4. The summed E-state index contributed by atoms with van der Waals surface area (Å²) in [7, 11) is 1.99. The van der Waals surface area contributed by atoms with Crippen LogP contribution >= 0.6 is 11.6 Å². The lowest BCUT2D eigenvalue weighted by Gasteiger charge is -2.15. The summed E-state index contributed by atoms with van der Waals surface area (Å²) in [4.78, 5) is 13.0. The van der Waals surface area contributed by atoms with Crippen LogP contribution in [-0.2, 0) is 15.7 Å². The van der Waals surface area contributed by atoms with E-state index in [0.717, 1.165) is 5.56 Å². The van der Waals surface area contributed by atoms with Crippen molar-refractivity contribution in [2.24, 2.45) is 0 Å². The summed E-state index contributed by atoms with van der Waals surface area (Å²) in [5.74, 6) is -0.279. The highest BCUT2D eigenvalue weighted by atomic mass is 35.5. The molecule has 0 aromatic heterocycles. The van der Waals surface area contributed by atoms with Gasteiger partial charge in [-0.05, 0) is 42.8 Å². The SMILES string of the molecule is COCCN(C)S(=O)c1cccc(C(=O)Nc2ccc(C)c(Cl)c2)c1. The summed E-state index contributed by atoms with van der Waals surface area (Å²) in [5.41, 5.74) is 1.99. The Bertz CT molecular complexity index is 783. The van der Waals surface area contributed by atoms with Gasteiger partial charge in [0.15, 0.2) is 0 Å². The van der Waals surface area contributed by atoms with Crippen molar-refractivity contribution in [1.29, 1.82) is 0 Å². The number of hydrogen-bond donors (Lipinski definition) is 1. The number of benzene rings is 2. The number of rotatable bonds is 7. The molecule has 0 aliphatic heterocycles. The van der Waals surface area contributed by atoms with Crippen LogP contribution in [0, 0.1) is 6.92 Å². The smallest absolute Gasteiger partial charge is 0.255 e. The summed E-state index contributed by atoms with van der Waals surface area (Å²) in [6, 6.07) is 12.1. The quantitative estimate of drug-likeness (QED) is 0.799. The van der Waals surface area contributed by atoms with Crippen molar-refractivity contribution in [2.45, 2.75) is 11.8 Å². The minimum absolute atomic E-state index is 0.279. The van der Waals surface area contributed by atoms with Crippen LogP contribution in [0.2, 0.25) is 5.02 Å². The van der Waals surface area contributed by atoms with Gasteiger partial charge in [0.1, 0.15) is 11.0 Å². The summed E-state index contributed by atoms with van der Waals surface area (Å²) < 4.78 is 19.2. The van der Waals surface area contributed by atoms with Crippen LogP contribution in [0.25, 0.3) is 0 Å². The first-order chi connectivity index (χ1) is 11.9. The normalized spacial score (nSPS) is 12.2. The first-order valence-corrected chi connectivity index (χ1v) is 9.20. The largest absolute Gasteiger partial charge is 0.383 e. The molecule has 0 fully saturated rings. The number of halogens is 1. The van der Waals surface area contributed by atoms with Crippen molar-refractivity contribution < 1.29 is 13.7 Å². The topological polar surface area (TPSA) is 58.6 Å². The number of amides is 1. The molecule has 134 valence electrons. The summed E-state index contributed by atoms with van der Waals surface area (Å²) >= 11 is 6.08. The highest BCUT2D eigenvalue weighted by molar-refractivity contribution is 7.82. The van der Waals surface area contributed by atoms with E-state index in [-0.39, 0.29) is 5.91 Å². The van der Waals surface area contributed by atoms with Gasteiger partial charge in [0, 0.05) is 37.0 Å². The predicted octanol–water partition coefficient (Wildman–Crippen LogP) is 3.50. The Hall–Kier alpha value is -1.73. The molecule has 1 amide bonds. The average Bonchev–Trinajstić information content (AvgIpc) is 2.62. The molecule has 1 unspecified atom stereocenters. The molecule has 0 aliphatic rings. The molecule has 5 nitrogen and oxygen atoms in total. The Morgan fingerprint density at radius 2 is 2.04 bits per heavy atom. The third-order valence-corrected chi connectivity index (χ3v) is 5.43. The maximum atomic E-state index is 12.5. The number of nitrogens with zero attached hydrogens (tertiary/aromatic N) is 1. The number of anilines is 1. The van der Waals surface area contributed by atoms with Crippen LogP contribution < -0.4 is 5.32 Å². The molecule has 0 radical (unpaired) electrons. The van der Waals surface area contributed by atoms with Crippen molar-refractivity contribution >= 4 is 34.2 Å². The first-order valence-electron chi connectivity index (χ1n) is 7.72. The minimum atomic E-state index is -1.36. The second-order valence-electron chi connectivity index (χ2n) is 5.54. The van der Waals surface area contributed by atoms with Crippen LogP contribution in [0.3, 0.4) is 0 Å². The van der Waals surface area contributed by atoms with Gasteiger partial charge in [0.25, 0.3) is 5.91 Å². The van der Waals surface area contributed by atoms with Gasteiger partial charge in [-0.1, -0.05) is 23.7 Å². The van der Waals surface area contributed by atoms with E-state index in [1.807, 2.05) is 13.0 Å². The number of hydrogen-bond acceptors (Lipinski definition) is 3. The zero-order valence-electron chi connectivity index (χ0n) is 14.4. The van der Waals surface area contributed by atoms with Gasteiger partial charge >= 0.3 is 0 Å². The number of nitrogens with one attached hydrogen (secondary N) is 1. The van der Waals surface area contributed by atoms with Crippen molar-refractivity contribution in [2.75, 3.05) is 32.6 Å². The second-order valence-corrected chi connectivity index (χ2v) is 7.54. The van der Waals surface area contributed by atoms with Crippen LogP contribution in [0.5, 0.6) is 0 Å². The maximum Gasteiger partial charge on any atom is 0.255 e. The Morgan fingerprint density at radius 1 is 1.28 bits per heavy atom. The number of likely N-dealkylation sites (N-methyl/N-ethyl adjacent to an activating group) is 1. The number of carbonyl (C=O) groups is 1. The molecule has 0 bridgehead atoms. The van der Waals surface area contributed by atoms with E-state index in [4.69, 9.17) is 16.3 Å². The Balaban J connectivity index is 2.13. The Labute approximate surface area is 155 Å². The van der Waals surface area contributed by atoms with E-state index in [9.17, 15) is 9.00 Å². The van der Waals surface area contributed by atoms with E-state index in [0.29, 0.717) is 34.3 Å². The molecular formula is C18H21ClN2O3S. The lowest BCUT2D eigenvalue weighted by Crippen LogP contribution is -2.25. The van der Waals surface area contributed by atoms with E-state index in [2.05, 4.69) is 5.32 Å². The predicted molar refractivity (Wildman–Crippen MR) is 101 cm³/mol. The van der Waals surface area contributed by atoms with E-state index in [1.54, 1.807) is 54.9 Å². The molecule has 0 saturated carbocycles. The summed E-state index contributed by atoms with van der Waals surface area (Å²) in [6.45, 7) is 2.91. The molecule has 2 rings (SSSR count). The molecule has 0 spiro atoms. The fraction of sp³-hybridized carbons (Fsp3) is 0.278. The fourth-order valence-electron chi connectivity index (χ4n) is 2.10. The molecule has 1 atom stereocenters. The monoisotopic (exact) mass is 380 g/mol. The number of carbonyl (C=O) groups excluding carboxylic acids is 1. The highest BCUT2D eigenvalue weighted by Crippen LogP contribution is 2.21. The Morgan fingerprint density at radius 3 is 2.72 bits per heavy atom. The lowest BCUT2D eigenvalue weighted by molar-refractivity contribution is 0.102. The second kappa shape index (κ2) is 9.10. The third kappa shape index (κ3) is 5.37. The van der Waals surface area contributed by atoms with Gasteiger partial charge < -0.3 is 10.1 Å². The molecule has 7 heteroatoms. The third-order valence-electron chi connectivity index (χ3n) is 3.62. The molecule has 25 heavy (non-hydrogen) atoms. The lowest BCUT2D eigenvalue weighted by atomic mass is 10.2. The fourth-order valence-corrected chi connectivity index (χ4v) is 3.31. The van der Waals surface area contributed by atoms with Gasteiger partial charge in [-0.25, -0.2) is 8.51 Å². The van der Waals surface area contributed by atoms with E-state index < -0.39 is 11.0 Å². The van der Waals surface area contributed by atoms with Crippen molar-refractivity contribution in [3.8, 4) is 0 Å². The van der Waals surface area contributed by atoms with Crippen LogP contribution in [0.1, 0.15) is 15.9 Å². The van der Waals surface area contributed by atoms with Crippen molar-refractivity contribution in [3.05, 3.63) is 58.6 Å². The molecule has 0 aliphatic carbocycles. The van der Waals surface area contributed by atoms with Crippen molar-refractivity contribution in [3.63, 3.8) is 0 Å². The van der Waals surface area contributed by atoms with Gasteiger partial charge in [-0.3, -0.25) is 4.79 Å². The van der Waals surface area contributed by atoms with E-state index in [1.165, 1.54) is 0 Å². The number of aryl methyl sites for hydroxylation is 1.